The highest BCUT2D eigenvalue weighted by Crippen LogP contribution is 2.22. The van der Waals surface area contributed by atoms with Crippen molar-refractivity contribution in [1.82, 2.24) is 4.98 Å². The fraction of sp³-hybridized carbons (Fsp3) is 0. The lowest BCUT2D eigenvalue weighted by molar-refractivity contribution is 0.601. The Labute approximate surface area is 115 Å². The van der Waals surface area contributed by atoms with Gasteiger partial charge in [0.1, 0.15) is 4.90 Å². The van der Waals surface area contributed by atoms with Gasteiger partial charge in [0.25, 0.3) is 10.0 Å². The molecular weight excluding hydrogens is 288 g/mol. The molecule has 0 radical (unpaired) electrons. The summed E-state index contributed by atoms with van der Waals surface area (Å²) in [7, 11) is -3.79. The smallest absolute Gasteiger partial charge is 0.265 e. The summed E-state index contributed by atoms with van der Waals surface area (Å²) in [5.41, 5.74) is 2.60. The minimum absolute atomic E-state index is 0.0440. The number of rotatable bonds is 4. The van der Waals surface area contributed by atoms with Gasteiger partial charge in [-0.3, -0.25) is 4.72 Å². The van der Waals surface area contributed by atoms with Crippen molar-refractivity contribution in [2.45, 2.75) is 4.90 Å². The van der Waals surface area contributed by atoms with Gasteiger partial charge in [0, 0.05) is 11.2 Å². The quantitative estimate of drug-likeness (QED) is 0.591. The van der Waals surface area contributed by atoms with Crippen molar-refractivity contribution >= 4 is 33.1 Å². The highest BCUT2D eigenvalue weighted by atomic mass is 35.5. The van der Waals surface area contributed by atoms with Crippen molar-refractivity contribution in [1.29, 1.82) is 0 Å². The number of nitrogens with zero attached hydrogens (tertiary/aromatic N) is 1. The second-order valence-corrected chi connectivity index (χ2v) is 5.70. The van der Waals surface area contributed by atoms with Crippen LogP contribution in [-0.2, 0) is 10.0 Å². The van der Waals surface area contributed by atoms with Crippen LogP contribution in [0.3, 0.4) is 0 Å². The van der Waals surface area contributed by atoms with Crippen molar-refractivity contribution in [3.63, 3.8) is 0 Å². The Balaban J connectivity index is 2.38. The number of sulfonamides is 1. The number of nitrogens with two attached hydrogens (primary N) is 1. The predicted octanol–water partition coefficient (Wildman–Crippen LogP) is 1.82. The van der Waals surface area contributed by atoms with Crippen LogP contribution in [0.2, 0.25) is 5.02 Å². The van der Waals surface area contributed by atoms with Gasteiger partial charge in [0.15, 0.2) is 5.82 Å². The van der Waals surface area contributed by atoms with Crippen LogP contribution in [0.4, 0.5) is 11.5 Å². The van der Waals surface area contributed by atoms with E-state index in [1.807, 2.05) is 0 Å². The van der Waals surface area contributed by atoms with E-state index in [0.717, 1.165) is 0 Å². The number of hydrazine groups is 1. The second kappa shape index (κ2) is 5.43. The number of nitrogens with one attached hydrogen (secondary N) is 2. The summed E-state index contributed by atoms with van der Waals surface area (Å²) < 4.78 is 26.8. The van der Waals surface area contributed by atoms with Crippen LogP contribution in [-0.4, -0.2) is 13.4 Å². The molecule has 2 aromatic rings. The van der Waals surface area contributed by atoms with Gasteiger partial charge >= 0.3 is 0 Å². The van der Waals surface area contributed by atoms with Crippen LogP contribution in [0, 0.1) is 0 Å². The molecule has 0 atom stereocenters. The van der Waals surface area contributed by atoms with E-state index in [1.165, 1.54) is 24.4 Å². The first kappa shape index (κ1) is 13.6. The summed E-state index contributed by atoms with van der Waals surface area (Å²) in [6.45, 7) is 0. The maximum atomic E-state index is 12.2. The molecule has 0 fully saturated rings. The minimum Gasteiger partial charge on any atom is -0.307 e. The van der Waals surface area contributed by atoms with Crippen molar-refractivity contribution in [2.24, 2.45) is 5.84 Å². The third kappa shape index (κ3) is 3.14. The number of halogens is 1. The van der Waals surface area contributed by atoms with E-state index in [0.29, 0.717) is 10.7 Å². The zero-order valence-corrected chi connectivity index (χ0v) is 11.2. The Hall–Kier alpha value is -1.83. The number of hydrogen-bond donors (Lipinski definition) is 3. The molecule has 1 aromatic carbocycles. The molecule has 0 amide bonds. The van der Waals surface area contributed by atoms with Crippen LogP contribution in [0.15, 0.2) is 47.5 Å². The average molecular weight is 299 g/mol. The van der Waals surface area contributed by atoms with Crippen molar-refractivity contribution in [2.75, 3.05) is 10.1 Å². The summed E-state index contributed by atoms with van der Waals surface area (Å²) in [5.74, 6) is 5.31. The van der Waals surface area contributed by atoms with Gasteiger partial charge in [0.05, 0.1) is 5.69 Å². The first-order valence-electron chi connectivity index (χ1n) is 5.23. The van der Waals surface area contributed by atoms with Crippen molar-refractivity contribution < 1.29 is 8.42 Å². The maximum absolute atomic E-state index is 12.2. The molecule has 0 aliphatic rings. The molecule has 0 aliphatic carbocycles. The number of pyridine rings is 1. The lowest BCUT2D eigenvalue weighted by Gasteiger charge is -2.10. The highest BCUT2D eigenvalue weighted by molar-refractivity contribution is 7.92. The molecule has 1 aromatic heterocycles. The molecule has 0 saturated carbocycles. The summed E-state index contributed by atoms with van der Waals surface area (Å²) in [6, 6.07) is 9.30. The Morgan fingerprint density at radius 2 is 2.00 bits per heavy atom. The van der Waals surface area contributed by atoms with Crippen molar-refractivity contribution in [3.05, 3.63) is 47.6 Å². The normalized spacial score (nSPS) is 11.1. The summed E-state index contributed by atoms with van der Waals surface area (Å²) in [5, 5.41) is 0.434. The van der Waals surface area contributed by atoms with E-state index < -0.39 is 10.0 Å². The molecule has 2 rings (SSSR count). The lowest BCUT2D eigenvalue weighted by Crippen LogP contribution is -2.18. The average Bonchev–Trinajstić information content (AvgIpc) is 2.38. The van der Waals surface area contributed by atoms with E-state index in [2.05, 4.69) is 15.1 Å². The van der Waals surface area contributed by atoms with Crippen LogP contribution in [0.1, 0.15) is 0 Å². The van der Waals surface area contributed by atoms with E-state index in [9.17, 15) is 8.42 Å². The molecule has 0 spiro atoms. The zero-order chi connectivity index (χ0) is 13.9. The number of hydrogen-bond acceptors (Lipinski definition) is 5. The Morgan fingerprint density at radius 3 is 2.68 bits per heavy atom. The largest absolute Gasteiger partial charge is 0.307 e. The topological polar surface area (TPSA) is 97.1 Å². The number of benzene rings is 1. The number of aromatic nitrogens is 1. The molecule has 1 heterocycles. The SMILES string of the molecule is NNc1ncccc1S(=O)(=O)Nc1cccc(Cl)c1. The predicted molar refractivity (Wildman–Crippen MR) is 74.3 cm³/mol. The third-order valence-electron chi connectivity index (χ3n) is 2.27. The van der Waals surface area contributed by atoms with Crippen molar-refractivity contribution in [3.8, 4) is 0 Å². The fourth-order valence-electron chi connectivity index (χ4n) is 1.48. The zero-order valence-electron chi connectivity index (χ0n) is 9.67. The lowest BCUT2D eigenvalue weighted by atomic mass is 10.3. The first-order chi connectivity index (χ1) is 9.03. The van der Waals surface area contributed by atoms with E-state index in [1.54, 1.807) is 18.2 Å². The molecule has 0 unspecified atom stereocenters. The van der Waals surface area contributed by atoms with Gasteiger partial charge in [-0.15, -0.1) is 0 Å². The van der Waals surface area contributed by atoms with Gasteiger partial charge in [0.2, 0.25) is 0 Å². The Bertz CT molecular complexity index is 691. The molecule has 19 heavy (non-hydrogen) atoms. The third-order valence-corrected chi connectivity index (χ3v) is 3.92. The van der Waals surface area contributed by atoms with Gasteiger partial charge in [-0.25, -0.2) is 19.2 Å². The summed E-state index contributed by atoms with van der Waals surface area (Å²) in [6.07, 6.45) is 1.44. The van der Waals surface area contributed by atoms with Gasteiger partial charge in [-0.05, 0) is 30.3 Å². The molecule has 6 nitrogen and oxygen atoms in total. The van der Waals surface area contributed by atoms with Crippen LogP contribution in [0.25, 0.3) is 0 Å². The minimum atomic E-state index is -3.79. The molecule has 8 heteroatoms. The van der Waals surface area contributed by atoms with Gasteiger partial charge < -0.3 is 5.43 Å². The Morgan fingerprint density at radius 1 is 1.21 bits per heavy atom. The first-order valence-corrected chi connectivity index (χ1v) is 7.09. The molecule has 0 aliphatic heterocycles. The Kier molecular flexibility index (Phi) is 3.89. The molecule has 4 N–H and O–H groups in total. The van der Waals surface area contributed by atoms with Crippen LogP contribution >= 0.6 is 11.6 Å². The maximum Gasteiger partial charge on any atom is 0.265 e. The highest BCUT2D eigenvalue weighted by Gasteiger charge is 2.19. The fourth-order valence-corrected chi connectivity index (χ4v) is 2.84. The molecule has 0 bridgehead atoms. The molecule has 0 saturated heterocycles. The standard InChI is InChI=1S/C11H11ClN4O2S/c12-8-3-1-4-9(7-8)16-19(17,18)10-5-2-6-14-11(10)15-13/h1-7,16H,13H2,(H,14,15). The summed E-state index contributed by atoms with van der Waals surface area (Å²) in [4.78, 5) is 3.80. The number of nitrogen functional groups attached to an aromatic ring is 1. The molecular formula is C11H11ClN4O2S. The van der Waals surface area contributed by atoms with Crippen LogP contribution < -0.4 is 16.0 Å². The second-order valence-electron chi connectivity index (χ2n) is 3.61. The van der Waals surface area contributed by atoms with Gasteiger partial charge in [-0.1, -0.05) is 17.7 Å². The van der Waals surface area contributed by atoms with Gasteiger partial charge in [-0.2, -0.15) is 0 Å². The summed E-state index contributed by atoms with van der Waals surface area (Å²) >= 11 is 5.80. The monoisotopic (exact) mass is 298 g/mol. The molecule has 100 valence electrons. The van der Waals surface area contributed by atoms with E-state index in [4.69, 9.17) is 17.4 Å². The number of anilines is 2. The van der Waals surface area contributed by atoms with E-state index >= 15 is 0 Å². The van der Waals surface area contributed by atoms with E-state index in [-0.39, 0.29) is 10.7 Å². The van der Waals surface area contributed by atoms with Crippen LogP contribution in [0.5, 0.6) is 0 Å².